The number of carbonyl (C=O) groups is 1. The molecular weight excluding hydrogens is 513 g/mol. The molecule has 1 aromatic carbocycles. The van der Waals surface area contributed by atoms with E-state index in [0.717, 1.165) is 42.0 Å². The van der Waals surface area contributed by atoms with E-state index in [1.807, 2.05) is 38.7 Å². The Bertz CT molecular complexity index is 1390. The molecule has 3 aromatic rings. The lowest BCUT2D eigenvalue weighted by Gasteiger charge is -2.50. The van der Waals surface area contributed by atoms with Crippen LogP contribution < -0.4 is 0 Å². The number of fused-ring (bicyclic) bond motifs is 1. The Kier molecular flexibility index (Phi) is 7.52. The topological polar surface area (TPSA) is 104 Å². The Hall–Kier alpha value is -3.24. The molecule has 4 heterocycles. The molecule has 9 nitrogen and oxygen atoms in total. The molecule has 0 saturated carbocycles. The van der Waals surface area contributed by atoms with Crippen molar-refractivity contribution in [3.05, 3.63) is 41.3 Å². The van der Waals surface area contributed by atoms with Gasteiger partial charge in [0.15, 0.2) is 5.65 Å². The molecule has 0 bridgehead atoms. The molecule has 2 N–H and O–H groups in total. The summed E-state index contributed by atoms with van der Waals surface area (Å²) in [4.78, 5) is 22.0. The van der Waals surface area contributed by atoms with Crippen molar-refractivity contribution in [1.29, 1.82) is 0 Å². The fourth-order valence-electron chi connectivity index (χ4n) is 6.03. The number of nitrogens with one attached hydrogen (secondary N) is 1. The number of aryl methyl sites for hydroxylation is 1. The molecule has 2 atom stereocenters. The zero-order valence-corrected chi connectivity index (χ0v) is 24.3. The van der Waals surface area contributed by atoms with Gasteiger partial charge in [-0.3, -0.25) is 10.00 Å². The van der Waals surface area contributed by atoms with E-state index in [1.165, 1.54) is 6.07 Å². The molecule has 0 spiro atoms. The lowest BCUT2D eigenvalue weighted by Crippen LogP contribution is -2.63. The van der Waals surface area contributed by atoms with Gasteiger partial charge in [0.1, 0.15) is 17.2 Å². The first-order valence-corrected chi connectivity index (χ1v) is 14.0. The molecule has 2 aliphatic heterocycles. The van der Waals surface area contributed by atoms with Crippen LogP contribution in [0.3, 0.4) is 0 Å². The Morgan fingerprint density at radius 1 is 1.25 bits per heavy atom. The number of aromatic hydroxyl groups is 1. The highest BCUT2D eigenvalue weighted by molar-refractivity contribution is 5.85. The zero-order valence-electron chi connectivity index (χ0n) is 24.3. The van der Waals surface area contributed by atoms with Gasteiger partial charge in [0, 0.05) is 43.3 Å². The van der Waals surface area contributed by atoms with Crippen molar-refractivity contribution in [2.24, 2.45) is 0 Å². The van der Waals surface area contributed by atoms with Crippen LogP contribution in [0.25, 0.3) is 22.3 Å². The van der Waals surface area contributed by atoms with Gasteiger partial charge >= 0.3 is 6.09 Å². The van der Waals surface area contributed by atoms with E-state index in [2.05, 4.69) is 28.9 Å². The third-order valence-electron chi connectivity index (χ3n) is 7.79. The standard InChI is InChI=1S/C30H40FN5O4/c1-18-25-21(16-23(32-27(25)34-33-18)20-11-10-19(37)15-22(20)31)26(24-9-7-8-14-39-24)35-12-13-36(30(5,6)17-35)28(38)40-29(2,3)4/h10-11,15-16,24,26,37H,7-9,12-14,17H2,1-6H3,(H,32,33,34). The molecule has 0 aliphatic carbocycles. The van der Waals surface area contributed by atoms with E-state index in [-0.39, 0.29) is 24.0 Å². The molecule has 216 valence electrons. The predicted molar refractivity (Wildman–Crippen MR) is 151 cm³/mol. The number of aromatic nitrogens is 3. The number of ether oxygens (including phenoxy) is 2. The van der Waals surface area contributed by atoms with Crippen molar-refractivity contribution in [3.63, 3.8) is 0 Å². The highest BCUT2D eigenvalue weighted by Crippen LogP contribution is 2.40. The third kappa shape index (κ3) is 5.65. The largest absolute Gasteiger partial charge is 0.508 e. The summed E-state index contributed by atoms with van der Waals surface area (Å²) in [6.07, 6.45) is 2.56. The second kappa shape index (κ2) is 10.6. The number of benzene rings is 1. The molecule has 40 heavy (non-hydrogen) atoms. The monoisotopic (exact) mass is 553 g/mol. The van der Waals surface area contributed by atoms with Crippen molar-refractivity contribution >= 4 is 17.1 Å². The summed E-state index contributed by atoms with van der Waals surface area (Å²) in [7, 11) is 0. The van der Waals surface area contributed by atoms with Crippen LogP contribution in [-0.4, -0.2) is 79.7 Å². The van der Waals surface area contributed by atoms with Crippen molar-refractivity contribution in [1.82, 2.24) is 25.0 Å². The fraction of sp³-hybridized carbons (Fsp3) is 0.567. The lowest BCUT2D eigenvalue weighted by atomic mass is 9.88. The predicted octanol–water partition coefficient (Wildman–Crippen LogP) is 5.72. The van der Waals surface area contributed by atoms with Crippen LogP contribution in [0.1, 0.15) is 71.2 Å². The quantitative estimate of drug-likeness (QED) is 0.426. The minimum Gasteiger partial charge on any atom is -0.508 e. The van der Waals surface area contributed by atoms with Crippen molar-refractivity contribution in [3.8, 4) is 17.0 Å². The van der Waals surface area contributed by atoms with Crippen LogP contribution in [0.5, 0.6) is 5.75 Å². The molecule has 2 aromatic heterocycles. The van der Waals surface area contributed by atoms with E-state index in [4.69, 9.17) is 14.5 Å². The summed E-state index contributed by atoms with van der Waals surface area (Å²) in [6.45, 7) is 14.1. The maximum atomic E-state index is 15.0. The van der Waals surface area contributed by atoms with Crippen molar-refractivity contribution in [2.45, 2.75) is 84.1 Å². The van der Waals surface area contributed by atoms with Gasteiger partial charge in [-0.1, -0.05) is 0 Å². The summed E-state index contributed by atoms with van der Waals surface area (Å²) in [5.41, 5.74) is 2.02. The minimum absolute atomic E-state index is 0.0879. The highest BCUT2D eigenvalue weighted by atomic mass is 19.1. The van der Waals surface area contributed by atoms with E-state index >= 15 is 4.39 Å². The highest BCUT2D eigenvalue weighted by Gasteiger charge is 2.43. The lowest BCUT2D eigenvalue weighted by molar-refractivity contribution is -0.0763. The number of phenols is 1. The van der Waals surface area contributed by atoms with Gasteiger partial charge in [-0.15, -0.1) is 0 Å². The summed E-state index contributed by atoms with van der Waals surface area (Å²) >= 11 is 0. The number of amides is 1. The third-order valence-corrected chi connectivity index (χ3v) is 7.79. The van der Waals surface area contributed by atoms with Crippen LogP contribution in [-0.2, 0) is 9.47 Å². The molecule has 2 fully saturated rings. The van der Waals surface area contributed by atoms with Gasteiger partial charge in [0.2, 0.25) is 0 Å². The molecule has 2 unspecified atom stereocenters. The summed E-state index contributed by atoms with van der Waals surface area (Å²) in [6, 6.07) is 5.87. The first kappa shape index (κ1) is 28.3. The smallest absolute Gasteiger partial charge is 0.410 e. The zero-order chi connectivity index (χ0) is 28.8. The number of aromatic amines is 1. The summed E-state index contributed by atoms with van der Waals surface area (Å²) in [5.74, 6) is -0.690. The van der Waals surface area contributed by atoms with Crippen LogP contribution >= 0.6 is 0 Å². The molecule has 0 radical (unpaired) electrons. The molecule has 2 aliphatic rings. The molecule has 2 saturated heterocycles. The Morgan fingerprint density at radius 2 is 2.02 bits per heavy atom. The molecule has 1 amide bonds. The van der Waals surface area contributed by atoms with Gasteiger partial charge in [0.25, 0.3) is 0 Å². The molecular formula is C30H40FN5O4. The number of halogens is 1. The van der Waals surface area contributed by atoms with Gasteiger partial charge < -0.3 is 19.5 Å². The number of pyridine rings is 1. The van der Waals surface area contributed by atoms with Crippen LogP contribution in [0.2, 0.25) is 0 Å². The number of piperazine rings is 1. The van der Waals surface area contributed by atoms with Crippen LogP contribution in [0.15, 0.2) is 24.3 Å². The van der Waals surface area contributed by atoms with E-state index in [9.17, 15) is 9.90 Å². The van der Waals surface area contributed by atoms with Gasteiger partial charge in [-0.2, -0.15) is 5.10 Å². The van der Waals surface area contributed by atoms with E-state index < -0.39 is 17.0 Å². The second-order valence-electron chi connectivity index (χ2n) is 12.6. The van der Waals surface area contributed by atoms with E-state index in [1.54, 1.807) is 6.07 Å². The Labute approximate surface area is 234 Å². The van der Waals surface area contributed by atoms with Gasteiger partial charge in [0.05, 0.1) is 29.1 Å². The van der Waals surface area contributed by atoms with Gasteiger partial charge in [-0.25, -0.2) is 14.2 Å². The number of nitrogens with zero attached hydrogens (tertiary/aromatic N) is 4. The number of rotatable bonds is 4. The van der Waals surface area contributed by atoms with Crippen LogP contribution in [0.4, 0.5) is 9.18 Å². The Morgan fingerprint density at radius 3 is 2.67 bits per heavy atom. The second-order valence-corrected chi connectivity index (χ2v) is 12.6. The number of carbonyl (C=O) groups excluding carboxylic acids is 1. The van der Waals surface area contributed by atoms with Crippen LogP contribution in [0, 0.1) is 12.7 Å². The van der Waals surface area contributed by atoms with Crippen molar-refractivity contribution in [2.75, 3.05) is 26.2 Å². The number of hydrogen-bond acceptors (Lipinski definition) is 7. The minimum atomic E-state index is -0.579. The fourth-order valence-corrected chi connectivity index (χ4v) is 6.03. The summed E-state index contributed by atoms with van der Waals surface area (Å²) < 4.78 is 27.1. The van der Waals surface area contributed by atoms with Gasteiger partial charge in [-0.05, 0) is 84.6 Å². The molecule has 5 rings (SSSR count). The Balaban J connectivity index is 1.58. The van der Waals surface area contributed by atoms with E-state index in [0.29, 0.717) is 43.1 Å². The number of hydrogen-bond donors (Lipinski definition) is 2. The number of H-pyrrole nitrogens is 1. The molecule has 10 heteroatoms. The first-order chi connectivity index (χ1) is 18.8. The SMILES string of the molecule is Cc1n[nH]c2nc(-c3ccc(O)cc3F)cc(C(C3CCCCO3)N3CCN(C(=O)OC(C)(C)C)C(C)(C)C3)c12. The average molecular weight is 554 g/mol. The average Bonchev–Trinajstić information content (AvgIpc) is 3.24. The summed E-state index contributed by atoms with van der Waals surface area (Å²) in [5, 5.41) is 18.2. The van der Waals surface area contributed by atoms with Crippen molar-refractivity contribution < 1.29 is 23.8 Å². The first-order valence-electron chi connectivity index (χ1n) is 14.0. The number of phenolic OH excluding ortho intramolecular Hbond substituents is 1. The maximum Gasteiger partial charge on any atom is 0.410 e. The normalized spacial score (nSPS) is 21.0. The maximum absolute atomic E-state index is 15.0.